The Morgan fingerprint density at radius 1 is 1.21 bits per heavy atom. The zero-order chi connectivity index (χ0) is 19.4. The van der Waals surface area contributed by atoms with Crippen LogP contribution < -0.4 is 10.6 Å². The van der Waals surface area contributed by atoms with Gasteiger partial charge in [0.15, 0.2) is 11.6 Å². The molecule has 1 aliphatic heterocycles. The molecule has 2 aromatic carbocycles. The number of carbonyl (C=O) groups excluding carboxylic acids is 1. The van der Waals surface area contributed by atoms with E-state index in [1.54, 1.807) is 18.2 Å². The number of benzene rings is 2. The molecule has 0 saturated carbocycles. The topological polar surface area (TPSA) is 84.3 Å². The third-order valence-corrected chi connectivity index (χ3v) is 4.74. The van der Waals surface area contributed by atoms with Crippen LogP contribution in [0.15, 0.2) is 42.5 Å². The zero-order valence-corrected chi connectivity index (χ0v) is 15.7. The standard InChI is InChI=1S/C19H19F2N3O3.ClH/c20-15-6-5-12(9-16(15)21)14-7-8-22-11-17(14)23-19(25)10-13-3-1-2-4-18(13)24(26)27;/h1-6,9,14,17,22H,7-8,10-11H2,(H,23,25);1H. The van der Waals surface area contributed by atoms with Crippen molar-refractivity contribution < 1.29 is 18.5 Å². The number of hydrogen-bond donors (Lipinski definition) is 2. The van der Waals surface area contributed by atoms with Crippen LogP contribution in [0.5, 0.6) is 0 Å². The highest BCUT2D eigenvalue weighted by atomic mass is 35.5. The molecule has 2 atom stereocenters. The molecule has 0 bridgehead atoms. The van der Waals surface area contributed by atoms with Gasteiger partial charge in [0.1, 0.15) is 0 Å². The summed E-state index contributed by atoms with van der Waals surface area (Å²) in [6.45, 7) is 1.17. The minimum atomic E-state index is -0.920. The SMILES string of the molecule is Cl.O=C(Cc1ccccc1[N+](=O)[O-])NC1CNCCC1c1ccc(F)c(F)c1. The third kappa shape index (κ3) is 5.02. The van der Waals surface area contributed by atoms with Crippen molar-refractivity contribution in [1.82, 2.24) is 10.6 Å². The number of nitrogens with one attached hydrogen (secondary N) is 2. The van der Waals surface area contributed by atoms with E-state index in [2.05, 4.69) is 10.6 Å². The van der Waals surface area contributed by atoms with E-state index < -0.39 is 16.6 Å². The molecule has 0 radical (unpaired) electrons. The summed E-state index contributed by atoms with van der Waals surface area (Å²) in [6.07, 6.45) is 0.527. The van der Waals surface area contributed by atoms with Gasteiger partial charge in [-0.1, -0.05) is 24.3 Å². The van der Waals surface area contributed by atoms with Gasteiger partial charge in [0.2, 0.25) is 5.91 Å². The fourth-order valence-corrected chi connectivity index (χ4v) is 3.42. The van der Waals surface area contributed by atoms with Gasteiger partial charge in [-0.05, 0) is 30.7 Å². The number of nitrogens with zero attached hydrogens (tertiary/aromatic N) is 1. The number of nitro groups is 1. The van der Waals surface area contributed by atoms with Crippen LogP contribution in [0.1, 0.15) is 23.5 Å². The number of halogens is 3. The van der Waals surface area contributed by atoms with Crippen LogP contribution in [-0.4, -0.2) is 30.0 Å². The second kappa shape index (κ2) is 9.57. The van der Waals surface area contributed by atoms with E-state index in [9.17, 15) is 23.7 Å². The molecule has 1 heterocycles. The quantitative estimate of drug-likeness (QED) is 0.585. The van der Waals surface area contributed by atoms with E-state index in [1.807, 2.05) is 0 Å². The highest BCUT2D eigenvalue weighted by Crippen LogP contribution is 2.27. The lowest BCUT2D eigenvalue weighted by molar-refractivity contribution is -0.385. The van der Waals surface area contributed by atoms with Crippen LogP contribution >= 0.6 is 12.4 Å². The molecular weight excluding hydrogens is 392 g/mol. The average molecular weight is 412 g/mol. The summed E-state index contributed by atoms with van der Waals surface area (Å²) in [5.74, 6) is -2.36. The summed E-state index contributed by atoms with van der Waals surface area (Å²) in [6, 6.07) is 9.53. The van der Waals surface area contributed by atoms with Gasteiger partial charge >= 0.3 is 0 Å². The summed E-state index contributed by atoms with van der Waals surface area (Å²) in [5, 5.41) is 17.1. The van der Waals surface area contributed by atoms with Crippen LogP contribution in [0.3, 0.4) is 0 Å². The first-order valence-electron chi connectivity index (χ1n) is 8.63. The monoisotopic (exact) mass is 411 g/mol. The predicted molar refractivity (Wildman–Crippen MR) is 103 cm³/mol. The molecule has 1 amide bonds. The summed E-state index contributed by atoms with van der Waals surface area (Å²) in [4.78, 5) is 23.0. The van der Waals surface area contributed by atoms with Crippen molar-refractivity contribution >= 4 is 24.0 Å². The molecule has 1 aliphatic rings. The Morgan fingerprint density at radius 2 is 1.96 bits per heavy atom. The smallest absolute Gasteiger partial charge is 0.273 e. The van der Waals surface area contributed by atoms with Gasteiger partial charge in [0.25, 0.3) is 5.69 Å². The fourth-order valence-electron chi connectivity index (χ4n) is 3.42. The average Bonchev–Trinajstić information content (AvgIpc) is 2.65. The van der Waals surface area contributed by atoms with Crippen molar-refractivity contribution in [2.24, 2.45) is 0 Å². The van der Waals surface area contributed by atoms with Crippen molar-refractivity contribution in [3.05, 3.63) is 75.3 Å². The maximum absolute atomic E-state index is 13.6. The Balaban J connectivity index is 0.00000280. The molecule has 3 rings (SSSR count). The first-order chi connectivity index (χ1) is 13.0. The highest BCUT2D eigenvalue weighted by Gasteiger charge is 2.29. The lowest BCUT2D eigenvalue weighted by atomic mass is 9.86. The predicted octanol–water partition coefficient (Wildman–Crippen LogP) is 3.10. The van der Waals surface area contributed by atoms with Gasteiger partial charge in [-0.2, -0.15) is 0 Å². The molecule has 6 nitrogen and oxygen atoms in total. The van der Waals surface area contributed by atoms with Gasteiger partial charge in [0, 0.05) is 30.1 Å². The van der Waals surface area contributed by atoms with Crippen LogP contribution in [0.2, 0.25) is 0 Å². The number of rotatable bonds is 5. The van der Waals surface area contributed by atoms with Crippen molar-refractivity contribution in [3.8, 4) is 0 Å². The molecule has 2 N–H and O–H groups in total. The summed E-state index contributed by atoms with van der Waals surface area (Å²) < 4.78 is 26.8. The number of para-hydroxylation sites is 1. The minimum absolute atomic E-state index is 0. The van der Waals surface area contributed by atoms with Gasteiger partial charge in [-0.3, -0.25) is 14.9 Å². The number of nitro benzene ring substituents is 1. The summed E-state index contributed by atoms with van der Waals surface area (Å²) >= 11 is 0. The van der Waals surface area contributed by atoms with Crippen molar-refractivity contribution in [1.29, 1.82) is 0 Å². The third-order valence-electron chi connectivity index (χ3n) is 4.74. The molecular formula is C19H20ClF2N3O3. The largest absolute Gasteiger partial charge is 0.351 e. The van der Waals surface area contributed by atoms with Gasteiger partial charge in [-0.15, -0.1) is 12.4 Å². The van der Waals surface area contributed by atoms with Crippen LogP contribution in [0, 0.1) is 21.7 Å². The molecule has 28 heavy (non-hydrogen) atoms. The Labute approximate surface area is 166 Å². The Morgan fingerprint density at radius 3 is 2.68 bits per heavy atom. The van der Waals surface area contributed by atoms with Crippen LogP contribution in [-0.2, 0) is 11.2 Å². The van der Waals surface area contributed by atoms with Crippen LogP contribution in [0.25, 0.3) is 0 Å². The molecule has 9 heteroatoms. The van der Waals surface area contributed by atoms with Crippen molar-refractivity contribution in [2.75, 3.05) is 13.1 Å². The van der Waals surface area contributed by atoms with Crippen molar-refractivity contribution in [2.45, 2.75) is 24.8 Å². The number of piperidine rings is 1. The van der Waals surface area contributed by atoms with Gasteiger partial charge < -0.3 is 10.6 Å². The summed E-state index contributed by atoms with van der Waals surface area (Å²) in [5.41, 5.74) is 0.839. The zero-order valence-electron chi connectivity index (χ0n) is 14.9. The van der Waals surface area contributed by atoms with Crippen LogP contribution in [0.4, 0.5) is 14.5 Å². The molecule has 2 unspecified atom stereocenters. The van der Waals surface area contributed by atoms with E-state index in [-0.39, 0.29) is 42.4 Å². The lowest BCUT2D eigenvalue weighted by Crippen LogP contribution is -2.50. The first-order valence-corrected chi connectivity index (χ1v) is 8.63. The van der Waals surface area contributed by atoms with E-state index in [0.29, 0.717) is 30.6 Å². The van der Waals surface area contributed by atoms with E-state index in [1.165, 1.54) is 12.1 Å². The van der Waals surface area contributed by atoms with E-state index >= 15 is 0 Å². The summed E-state index contributed by atoms with van der Waals surface area (Å²) in [7, 11) is 0. The maximum atomic E-state index is 13.6. The molecule has 2 aromatic rings. The molecule has 0 aliphatic carbocycles. The molecule has 0 aromatic heterocycles. The van der Waals surface area contributed by atoms with Gasteiger partial charge in [0.05, 0.1) is 11.3 Å². The second-order valence-electron chi connectivity index (χ2n) is 6.51. The Bertz CT molecular complexity index is 866. The molecule has 1 fully saturated rings. The second-order valence-corrected chi connectivity index (χ2v) is 6.51. The number of amides is 1. The lowest BCUT2D eigenvalue weighted by Gasteiger charge is -2.33. The minimum Gasteiger partial charge on any atom is -0.351 e. The Hall–Kier alpha value is -2.58. The molecule has 1 saturated heterocycles. The maximum Gasteiger partial charge on any atom is 0.273 e. The molecule has 0 spiro atoms. The first kappa shape index (κ1) is 21.7. The van der Waals surface area contributed by atoms with E-state index in [0.717, 1.165) is 12.1 Å². The highest BCUT2D eigenvalue weighted by molar-refractivity contribution is 5.85. The Kier molecular flexibility index (Phi) is 7.42. The molecule has 150 valence electrons. The number of hydrogen-bond acceptors (Lipinski definition) is 4. The number of carbonyl (C=O) groups is 1. The normalized spacial score (nSPS) is 18.8. The van der Waals surface area contributed by atoms with Crippen molar-refractivity contribution in [3.63, 3.8) is 0 Å². The fraction of sp³-hybridized carbons (Fsp3) is 0.316. The van der Waals surface area contributed by atoms with E-state index in [4.69, 9.17) is 0 Å². The van der Waals surface area contributed by atoms with Gasteiger partial charge in [-0.25, -0.2) is 8.78 Å².